The number of carbonyl (C=O) groups excluding carboxylic acids is 5. The summed E-state index contributed by atoms with van der Waals surface area (Å²) in [5.41, 5.74) is -1.02. The summed E-state index contributed by atoms with van der Waals surface area (Å²) in [4.78, 5) is 75.6. The number of para-hydroxylation sites is 1. The standard InChI is InChI=1S/C47H66BN7O11S2/c1-44(2,3)63-40(57)52-38(53-41(58)64-45(4,5)6)48-23-26-61-35-29-31(20-21-32(35)30-51-36(56)22-28-67-68-37-19-15-16-24-49-37)33-17-13-14-18-34(33)62-27-25-50-39(54-42(59)65-46(7,8)9)55-43(60)66-47(10,11)12/h13-21,24,29,48H,22-23,25-28,30H2,1-12H3,(H,51,56)(H,52,53,57,58)(H2,50,54,55,59,60). The van der Waals surface area contributed by atoms with Gasteiger partial charge >= 0.3 is 24.4 Å². The summed E-state index contributed by atoms with van der Waals surface area (Å²) in [5, 5.41) is 11.8. The maximum atomic E-state index is 13.0. The first-order valence-electron chi connectivity index (χ1n) is 22.0. The third kappa shape index (κ3) is 24.7. The largest absolute Gasteiger partial charge is 0.494 e. The molecule has 18 nitrogen and oxygen atoms in total. The first-order valence-corrected chi connectivity index (χ1v) is 24.4. The Bertz CT molecular complexity index is 2220. The third-order valence-electron chi connectivity index (χ3n) is 7.88. The van der Waals surface area contributed by atoms with Gasteiger partial charge in [0.1, 0.15) is 45.5 Å². The molecule has 0 unspecified atom stereocenters. The second-order valence-electron chi connectivity index (χ2n) is 18.9. The van der Waals surface area contributed by atoms with E-state index in [0.29, 0.717) is 29.1 Å². The summed E-state index contributed by atoms with van der Waals surface area (Å²) in [6.45, 7) is 21.0. The predicted octanol–water partition coefficient (Wildman–Crippen LogP) is 9.03. The Morgan fingerprint density at radius 3 is 1.90 bits per heavy atom. The molecule has 0 atom stereocenters. The van der Waals surface area contributed by atoms with Crippen molar-refractivity contribution < 1.29 is 52.4 Å². The number of hydrogen-bond acceptors (Lipinski definition) is 14. The van der Waals surface area contributed by atoms with E-state index in [2.05, 4.69) is 36.2 Å². The maximum Gasteiger partial charge on any atom is 0.437 e. The van der Waals surface area contributed by atoms with Crippen LogP contribution in [0.15, 0.2) is 81.9 Å². The number of aliphatic imine (C=N–C) groups is 2. The van der Waals surface area contributed by atoms with Crippen LogP contribution < -0.4 is 30.7 Å². The quantitative estimate of drug-likeness (QED) is 0.0247. The molecule has 0 fully saturated rings. The van der Waals surface area contributed by atoms with Gasteiger partial charge in [-0.3, -0.25) is 15.4 Å². The molecule has 0 saturated heterocycles. The molecule has 5 amide bonds. The molecule has 3 rings (SSSR count). The van der Waals surface area contributed by atoms with Gasteiger partial charge in [-0.05, 0) is 130 Å². The van der Waals surface area contributed by atoms with Gasteiger partial charge in [-0.1, -0.05) is 47.2 Å². The van der Waals surface area contributed by atoms with E-state index in [0.717, 1.165) is 16.2 Å². The minimum Gasteiger partial charge on any atom is -0.494 e. The van der Waals surface area contributed by atoms with Crippen molar-refractivity contribution >= 4 is 70.8 Å². The van der Waals surface area contributed by atoms with Crippen molar-refractivity contribution in [3.8, 4) is 22.6 Å². The zero-order valence-corrected chi connectivity index (χ0v) is 42.8. The van der Waals surface area contributed by atoms with Crippen LogP contribution in [-0.4, -0.2) is 102 Å². The summed E-state index contributed by atoms with van der Waals surface area (Å²) in [6.07, 6.45) is -1.05. The molecule has 370 valence electrons. The minimum absolute atomic E-state index is 0.0434. The van der Waals surface area contributed by atoms with Crippen molar-refractivity contribution in [2.24, 2.45) is 9.98 Å². The summed E-state index contributed by atoms with van der Waals surface area (Å²) >= 11 is 0. The van der Waals surface area contributed by atoms with Gasteiger partial charge in [0.2, 0.25) is 19.1 Å². The Morgan fingerprint density at radius 1 is 0.662 bits per heavy atom. The highest BCUT2D eigenvalue weighted by Crippen LogP contribution is 2.34. The summed E-state index contributed by atoms with van der Waals surface area (Å²) in [5.74, 6) is 1.24. The Hall–Kier alpha value is -5.96. The number of aromatic nitrogens is 1. The fourth-order valence-corrected chi connectivity index (χ4v) is 7.22. The molecule has 21 heteroatoms. The minimum atomic E-state index is -0.912. The van der Waals surface area contributed by atoms with E-state index in [1.165, 1.54) is 21.6 Å². The highest BCUT2D eigenvalue weighted by molar-refractivity contribution is 8.76. The SMILES string of the molecule is CC(C)(C)OC(=O)/N=C(/BCCOc1cc(-c2ccccc2OCCN/C(=N/C(=O)OC(C)(C)C)NC(=O)OC(C)(C)C)ccc1CNC(=O)CCSSc1ccccn1)NC(=O)OC(C)(C)C. The predicted molar refractivity (Wildman–Crippen MR) is 268 cm³/mol. The van der Waals surface area contributed by atoms with Crippen LogP contribution in [0.4, 0.5) is 19.2 Å². The van der Waals surface area contributed by atoms with E-state index >= 15 is 0 Å². The lowest BCUT2D eigenvalue weighted by Crippen LogP contribution is -2.45. The number of guanidine groups is 1. The van der Waals surface area contributed by atoms with Crippen molar-refractivity contribution in [3.63, 3.8) is 0 Å². The summed E-state index contributed by atoms with van der Waals surface area (Å²) in [6, 6.07) is 18.6. The third-order valence-corrected chi connectivity index (χ3v) is 10.2. The van der Waals surface area contributed by atoms with Gasteiger partial charge < -0.3 is 39.1 Å². The van der Waals surface area contributed by atoms with Gasteiger partial charge in [-0.15, -0.1) is 4.99 Å². The first-order chi connectivity index (χ1) is 31.7. The van der Waals surface area contributed by atoms with Crippen LogP contribution in [0.5, 0.6) is 11.5 Å². The molecule has 68 heavy (non-hydrogen) atoms. The highest BCUT2D eigenvalue weighted by Gasteiger charge is 2.23. The second kappa shape index (κ2) is 26.6. The number of rotatable bonds is 17. The topological polar surface area (TPSA) is 226 Å². The first kappa shape index (κ1) is 56.4. The van der Waals surface area contributed by atoms with Gasteiger partial charge in [0, 0.05) is 36.0 Å². The highest BCUT2D eigenvalue weighted by atomic mass is 33.1. The molecular weight excluding hydrogens is 914 g/mol. The van der Waals surface area contributed by atoms with Crippen LogP contribution in [0, 0.1) is 0 Å². The number of carbonyl (C=O) groups is 5. The molecule has 0 saturated carbocycles. The van der Waals surface area contributed by atoms with E-state index in [1.807, 2.05) is 54.6 Å². The number of nitrogens with one attached hydrogen (secondary N) is 4. The molecule has 0 aliphatic rings. The monoisotopic (exact) mass is 979 g/mol. The average molecular weight is 980 g/mol. The lowest BCUT2D eigenvalue weighted by atomic mass is 9.73. The fourth-order valence-electron chi connectivity index (χ4n) is 5.35. The van der Waals surface area contributed by atoms with Crippen LogP contribution in [0.25, 0.3) is 11.1 Å². The summed E-state index contributed by atoms with van der Waals surface area (Å²) < 4.78 is 34.0. The average Bonchev–Trinajstić information content (AvgIpc) is 3.19. The molecule has 1 aromatic heterocycles. The molecule has 4 N–H and O–H groups in total. The normalized spacial score (nSPS) is 12.2. The number of amides is 5. The van der Waals surface area contributed by atoms with E-state index in [4.69, 9.17) is 28.4 Å². The smallest absolute Gasteiger partial charge is 0.437 e. The zero-order valence-electron chi connectivity index (χ0n) is 41.2. The van der Waals surface area contributed by atoms with E-state index in [1.54, 1.807) is 95.3 Å². The Labute approximate surface area is 408 Å². The molecule has 0 bridgehead atoms. The van der Waals surface area contributed by atoms with Crippen LogP contribution in [0.1, 0.15) is 95.1 Å². The molecular formula is C47H66BN7O11S2. The van der Waals surface area contributed by atoms with Gasteiger partial charge in [0.15, 0.2) is 0 Å². The van der Waals surface area contributed by atoms with Crippen molar-refractivity contribution in [2.45, 2.75) is 130 Å². The van der Waals surface area contributed by atoms with E-state index in [9.17, 15) is 24.0 Å². The van der Waals surface area contributed by atoms with Gasteiger partial charge in [0.25, 0.3) is 0 Å². The van der Waals surface area contributed by atoms with Crippen LogP contribution in [-0.2, 0) is 30.3 Å². The van der Waals surface area contributed by atoms with Gasteiger partial charge in [-0.25, -0.2) is 24.2 Å². The van der Waals surface area contributed by atoms with Crippen LogP contribution in [0.3, 0.4) is 0 Å². The molecule has 3 aromatic rings. The maximum absolute atomic E-state index is 13.0. The lowest BCUT2D eigenvalue weighted by molar-refractivity contribution is -0.120. The number of pyridine rings is 1. The Morgan fingerprint density at radius 2 is 1.26 bits per heavy atom. The molecule has 2 aromatic carbocycles. The zero-order chi connectivity index (χ0) is 50.5. The van der Waals surface area contributed by atoms with Gasteiger partial charge in [-0.2, -0.15) is 4.99 Å². The number of amidine groups is 1. The molecule has 0 radical (unpaired) electrons. The summed E-state index contributed by atoms with van der Waals surface area (Å²) in [7, 11) is 3.17. The van der Waals surface area contributed by atoms with Crippen molar-refractivity contribution in [1.29, 1.82) is 0 Å². The second-order valence-corrected chi connectivity index (χ2v) is 21.3. The molecule has 1 heterocycles. The van der Waals surface area contributed by atoms with Crippen LogP contribution in [0.2, 0.25) is 6.32 Å². The Kier molecular flexibility index (Phi) is 22.0. The van der Waals surface area contributed by atoms with Crippen molar-refractivity contribution in [2.75, 3.05) is 25.5 Å². The van der Waals surface area contributed by atoms with Crippen molar-refractivity contribution in [1.82, 2.24) is 26.3 Å². The number of ether oxygens (including phenoxy) is 6. The number of alkyl carbamates (subject to hydrolysis) is 2. The van der Waals surface area contributed by atoms with Crippen LogP contribution >= 0.6 is 21.6 Å². The number of hydrogen-bond donors (Lipinski definition) is 4. The number of nitrogens with zero attached hydrogens (tertiary/aromatic N) is 3. The fraction of sp³-hybridized carbons (Fsp3) is 0.489. The van der Waals surface area contributed by atoms with Crippen molar-refractivity contribution in [3.05, 3.63) is 72.4 Å². The molecule has 0 spiro atoms. The molecule has 0 aliphatic heterocycles. The van der Waals surface area contributed by atoms with Gasteiger partial charge in [0.05, 0.1) is 18.9 Å². The number of benzene rings is 2. The molecule has 0 aliphatic carbocycles. The van der Waals surface area contributed by atoms with E-state index < -0.39 is 46.8 Å². The van der Waals surface area contributed by atoms with E-state index in [-0.39, 0.29) is 57.6 Å². The lowest BCUT2D eigenvalue weighted by Gasteiger charge is -2.21. The Balaban J connectivity index is 1.81.